The third kappa shape index (κ3) is 4.68. The van der Waals surface area contributed by atoms with Crippen molar-refractivity contribution in [3.05, 3.63) is 58.0 Å². The summed E-state index contributed by atoms with van der Waals surface area (Å²) in [5, 5.41) is 7.07. The first-order chi connectivity index (χ1) is 10.2. The van der Waals surface area contributed by atoms with Gasteiger partial charge in [-0.25, -0.2) is 4.39 Å². The second-order valence-corrected chi connectivity index (χ2v) is 5.37. The number of carbonyl (C=O) groups excluding carboxylic acids is 2. The molecule has 2 amide bonds. The molecule has 0 aliphatic heterocycles. The van der Waals surface area contributed by atoms with E-state index in [1.807, 2.05) is 17.5 Å². The van der Waals surface area contributed by atoms with Gasteiger partial charge in [-0.3, -0.25) is 9.59 Å². The van der Waals surface area contributed by atoms with Crippen molar-refractivity contribution in [2.45, 2.75) is 6.42 Å². The predicted molar refractivity (Wildman–Crippen MR) is 79.8 cm³/mol. The lowest BCUT2D eigenvalue weighted by Gasteiger charge is -2.07. The van der Waals surface area contributed by atoms with E-state index in [1.165, 1.54) is 23.1 Å². The lowest BCUT2D eigenvalue weighted by molar-refractivity contribution is -0.120. The van der Waals surface area contributed by atoms with Crippen LogP contribution in [0, 0.1) is 5.82 Å². The Hall–Kier alpha value is -2.21. The number of thiophene rings is 1. The van der Waals surface area contributed by atoms with Crippen LogP contribution in [0.5, 0.6) is 0 Å². The van der Waals surface area contributed by atoms with Gasteiger partial charge in [-0.05, 0) is 30.0 Å². The zero-order valence-electron chi connectivity index (χ0n) is 11.3. The molecule has 0 aliphatic rings. The molecule has 2 rings (SSSR count). The van der Waals surface area contributed by atoms with Crippen LogP contribution in [-0.4, -0.2) is 24.9 Å². The molecule has 0 saturated heterocycles. The predicted octanol–water partition coefficient (Wildman–Crippen LogP) is 1.98. The Labute approximate surface area is 126 Å². The van der Waals surface area contributed by atoms with E-state index in [1.54, 1.807) is 17.4 Å². The van der Waals surface area contributed by atoms with E-state index in [0.29, 0.717) is 6.54 Å². The van der Waals surface area contributed by atoms with E-state index in [9.17, 15) is 14.0 Å². The standard InChI is InChI=1S/C15H15FN2O2S/c16-13-6-2-1-5-12(13)15(20)18-10-14(19)17-8-7-11-4-3-9-21-11/h1-6,9H,7-8,10H2,(H,17,19)(H,18,20). The second kappa shape index (κ2) is 7.54. The van der Waals surface area contributed by atoms with Crippen molar-refractivity contribution < 1.29 is 14.0 Å². The summed E-state index contributed by atoms with van der Waals surface area (Å²) in [6.45, 7) is 0.340. The molecule has 6 heteroatoms. The van der Waals surface area contributed by atoms with Crippen molar-refractivity contribution in [2.24, 2.45) is 0 Å². The number of amides is 2. The van der Waals surface area contributed by atoms with Crippen molar-refractivity contribution in [3.8, 4) is 0 Å². The molecule has 1 aromatic heterocycles. The van der Waals surface area contributed by atoms with Gasteiger partial charge < -0.3 is 10.6 Å². The molecular weight excluding hydrogens is 291 g/mol. The largest absolute Gasteiger partial charge is 0.354 e. The Bertz CT molecular complexity index is 614. The van der Waals surface area contributed by atoms with Crippen molar-refractivity contribution in [2.75, 3.05) is 13.1 Å². The molecule has 2 N–H and O–H groups in total. The topological polar surface area (TPSA) is 58.2 Å². The van der Waals surface area contributed by atoms with Crippen LogP contribution in [0.25, 0.3) is 0 Å². The molecule has 0 unspecified atom stereocenters. The monoisotopic (exact) mass is 306 g/mol. The zero-order chi connectivity index (χ0) is 15.1. The maximum Gasteiger partial charge on any atom is 0.254 e. The molecule has 1 heterocycles. The van der Waals surface area contributed by atoms with Crippen LogP contribution < -0.4 is 10.6 Å². The molecule has 0 atom stereocenters. The Morgan fingerprint density at radius 3 is 2.62 bits per heavy atom. The lowest BCUT2D eigenvalue weighted by atomic mass is 10.2. The molecule has 0 fully saturated rings. The fraction of sp³-hybridized carbons (Fsp3) is 0.200. The molecule has 0 saturated carbocycles. The van der Waals surface area contributed by atoms with Crippen molar-refractivity contribution >= 4 is 23.2 Å². The Morgan fingerprint density at radius 1 is 1.10 bits per heavy atom. The van der Waals surface area contributed by atoms with Crippen LogP contribution in [-0.2, 0) is 11.2 Å². The first kappa shape index (κ1) is 15.2. The molecule has 0 spiro atoms. The van der Waals surface area contributed by atoms with E-state index in [2.05, 4.69) is 10.6 Å². The van der Waals surface area contributed by atoms with Crippen LogP contribution in [0.1, 0.15) is 15.2 Å². The third-order valence-electron chi connectivity index (χ3n) is 2.80. The van der Waals surface area contributed by atoms with E-state index < -0.39 is 11.7 Å². The van der Waals surface area contributed by atoms with Crippen molar-refractivity contribution in [1.29, 1.82) is 0 Å². The average Bonchev–Trinajstić information content (AvgIpc) is 2.98. The third-order valence-corrected chi connectivity index (χ3v) is 3.74. The van der Waals surface area contributed by atoms with E-state index in [-0.39, 0.29) is 18.0 Å². The van der Waals surface area contributed by atoms with E-state index in [0.717, 1.165) is 6.42 Å². The zero-order valence-corrected chi connectivity index (χ0v) is 12.1. The highest BCUT2D eigenvalue weighted by molar-refractivity contribution is 7.09. The fourth-order valence-electron chi connectivity index (χ4n) is 1.74. The number of hydrogen-bond donors (Lipinski definition) is 2. The van der Waals surface area contributed by atoms with Gasteiger partial charge in [0, 0.05) is 11.4 Å². The van der Waals surface area contributed by atoms with Crippen LogP contribution in [0.15, 0.2) is 41.8 Å². The Morgan fingerprint density at radius 2 is 1.90 bits per heavy atom. The fourth-order valence-corrected chi connectivity index (χ4v) is 2.45. The maximum atomic E-state index is 13.4. The van der Waals surface area contributed by atoms with Crippen molar-refractivity contribution in [3.63, 3.8) is 0 Å². The maximum absolute atomic E-state index is 13.4. The lowest BCUT2D eigenvalue weighted by Crippen LogP contribution is -2.37. The highest BCUT2D eigenvalue weighted by Crippen LogP contribution is 2.08. The number of halogens is 1. The van der Waals surface area contributed by atoms with Gasteiger partial charge in [0.05, 0.1) is 12.1 Å². The first-order valence-electron chi connectivity index (χ1n) is 6.48. The minimum Gasteiger partial charge on any atom is -0.354 e. The molecule has 0 radical (unpaired) electrons. The summed E-state index contributed by atoms with van der Waals surface area (Å²) >= 11 is 1.63. The smallest absolute Gasteiger partial charge is 0.254 e. The summed E-state index contributed by atoms with van der Waals surface area (Å²) < 4.78 is 13.4. The van der Waals surface area contributed by atoms with Gasteiger partial charge in [-0.15, -0.1) is 11.3 Å². The van der Waals surface area contributed by atoms with Crippen molar-refractivity contribution in [1.82, 2.24) is 10.6 Å². The van der Waals surface area contributed by atoms with Gasteiger partial charge in [0.15, 0.2) is 0 Å². The number of carbonyl (C=O) groups is 2. The molecular formula is C15H15FN2O2S. The Balaban J connectivity index is 1.71. The van der Waals surface area contributed by atoms with Gasteiger partial charge in [0.1, 0.15) is 5.82 Å². The highest BCUT2D eigenvalue weighted by atomic mass is 32.1. The van der Waals surface area contributed by atoms with E-state index >= 15 is 0 Å². The second-order valence-electron chi connectivity index (χ2n) is 4.34. The number of hydrogen-bond acceptors (Lipinski definition) is 3. The minimum atomic E-state index is -0.604. The van der Waals surface area contributed by atoms with Gasteiger partial charge in [0.2, 0.25) is 5.91 Å². The van der Waals surface area contributed by atoms with E-state index in [4.69, 9.17) is 0 Å². The summed E-state index contributed by atoms with van der Waals surface area (Å²) in [7, 11) is 0. The molecule has 0 aliphatic carbocycles. The van der Waals surface area contributed by atoms with Gasteiger partial charge in [0.25, 0.3) is 5.91 Å². The SMILES string of the molecule is O=C(CNC(=O)c1ccccc1F)NCCc1cccs1. The summed E-state index contributed by atoms with van der Waals surface area (Å²) in [6.07, 6.45) is 0.755. The summed E-state index contributed by atoms with van der Waals surface area (Å²) in [5.74, 6) is -1.49. The normalized spacial score (nSPS) is 10.1. The van der Waals surface area contributed by atoms with Gasteiger partial charge in [-0.2, -0.15) is 0 Å². The van der Waals surface area contributed by atoms with Gasteiger partial charge in [-0.1, -0.05) is 18.2 Å². The molecule has 21 heavy (non-hydrogen) atoms. The molecule has 2 aromatic rings. The van der Waals surface area contributed by atoms with Crippen LogP contribution in [0.2, 0.25) is 0 Å². The van der Waals surface area contributed by atoms with Crippen LogP contribution in [0.3, 0.4) is 0 Å². The van der Waals surface area contributed by atoms with Gasteiger partial charge >= 0.3 is 0 Å². The first-order valence-corrected chi connectivity index (χ1v) is 7.36. The van der Waals surface area contributed by atoms with Crippen LogP contribution >= 0.6 is 11.3 Å². The number of rotatable bonds is 6. The summed E-state index contributed by atoms with van der Waals surface area (Å²) in [5.41, 5.74) is -0.0658. The molecule has 110 valence electrons. The van der Waals surface area contributed by atoms with Crippen LogP contribution in [0.4, 0.5) is 4.39 Å². The summed E-state index contributed by atoms with van der Waals surface area (Å²) in [6, 6.07) is 9.60. The number of benzene rings is 1. The highest BCUT2D eigenvalue weighted by Gasteiger charge is 2.11. The Kier molecular flexibility index (Phi) is 5.45. The molecule has 0 bridgehead atoms. The quantitative estimate of drug-likeness (QED) is 0.857. The average molecular weight is 306 g/mol. The molecule has 4 nitrogen and oxygen atoms in total. The minimum absolute atomic E-state index is 0.0658. The molecule has 1 aromatic carbocycles. The summed E-state index contributed by atoms with van der Waals surface area (Å²) in [4.78, 5) is 24.5. The number of nitrogens with one attached hydrogen (secondary N) is 2.